The normalized spacial score (nSPS) is 9.55. The fourth-order valence-corrected chi connectivity index (χ4v) is 1.36. The van der Waals surface area contributed by atoms with E-state index in [0.29, 0.717) is 23.5 Å². The van der Waals surface area contributed by atoms with Crippen LogP contribution in [0.15, 0.2) is 36.4 Å². The first-order valence-electron chi connectivity index (χ1n) is 5.62. The Labute approximate surface area is 122 Å². The highest BCUT2D eigenvalue weighted by molar-refractivity contribution is 5.62. The van der Waals surface area contributed by atoms with E-state index in [1.165, 1.54) is 0 Å². The molecule has 2 aromatic rings. The predicted octanol–water partition coefficient (Wildman–Crippen LogP) is 2.63. The number of halogens is 2. The van der Waals surface area contributed by atoms with Crippen molar-refractivity contribution in [3.05, 3.63) is 68.3 Å². The summed E-state index contributed by atoms with van der Waals surface area (Å²) in [5, 5.41) is 20.4. The van der Waals surface area contributed by atoms with Gasteiger partial charge in [0.1, 0.15) is 0 Å². The summed E-state index contributed by atoms with van der Waals surface area (Å²) in [7, 11) is 0. The molecule has 0 heterocycles. The molecule has 116 valence electrons. The Morgan fingerprint density at radius 2 is 1.36 bits per heavy atom. The second-order valence-electron chi connectivity index (χ2n) is 3.87. The van der Waals surface area contributed by atoms with E-state index in [9.17, 15) is 29.0 Å². The molecule has 0 aromatic heterocycles. The first-order chi connectivity index (χ1) is 10.3. The van der Waals surface area contributed by atoms with Crippen LogP contribution in [0.3, 0.4) is 0 Å². The van der Waals surface area contributed by atoms with Gasteiger partial charge in [0.15, 0.2) is 5.82 Å². The van der Waals surface area contributed by atoms with Crippen LogP contribution in [-0.4, -0.2) is 9.85 Å². The summed E-state index contributed by atoms with van der Waals surface area (Å²) in [5.41, 5.74) is 9.54. The van der Waals surface area contributed by atoms with E-state index in [4.69, 9.17) is 11.5 Å². The van der Waals surface area contributed by atoms with Gasteiger partial charge in [-0.3, -0.25) is 20.2 Å². The van der Waals surface area contributed by atoms with Crippen LogP contribution in [-0.2, 0) is 0 Å². The van der Waals surface area contributed by atoms with Gasteiger partial charge < -0.3 is 11.5 Å². The van der Waals surface area contributed by atoms with Crippen LogP contribution in [0.5, 0.6) is 0 Å². The number of para-hydroxylation sites is 2. The molecule has 0 amide bonds. The third kappa shape index (κ3) is 3.85. The van der Waals surface area contributed by atoms with Crippen molar-refractivity contribution in [2.24, 2.45) is 0 Å². The zero-order valence-electron chi connectivity index (χ0n) is 10.9. The van der Waals surface area contributed by atoms with E-state index in [2.05, 4.69) is 0 Å². The molecule has 0 unspecified atom stereocenters. The SMILES string of the molecule is Nc1ccccc1N.O=[N+]([O-])c1ccc(F)c(F)c1[N+](=O)[O-]. The number of nitrogens with zero attached hydrogens (tertiary/aromatic N) is 2. The maximum Gasteiger partial charge on any atom is 0.384 e. The molecular formula is C12H10F2N4O4. The quantitative estimate of drug-likeness (QED) is 0.496. The minimum absolute atomic E-state index is 0.459. The number of hydrogen-bond acceptors (Lipinski definition) is 6. The fourth-order valence-electron chi connectivity index (χ4n) is 1.36. The van der Waals surface area contributed by atoms with Crippen molar-refractivity contribution in [2.45, 2.75) is 0 Å². The average molecular weight is 312 g/mol. The molecule has 4 N–H and O–H groups in total. The van der Waals surface area contributed by atoms with Crippen LogP contribution in [0, 0.1) is 31.9 Å². The van der Waals surface area contributed by atoms with Crippen LogP contribution >= 0.6 is 0 Å². The van der Waals surface area contributed by atoms with Gasteiger partial charge in [0.2, 0.25) is 5.82 Å². The molecular weight excluding hydrogens is 302 g/mol. The van der Waals surface area contributed by atoms with Crippen LogP contribution in [0.25, 0.3) is 0 Å². The molecule has 0 saturated heterocycles. The van der Waals surface area contributed by atoms with E-state index in [1.54, 1.807) is 12.1 Å². The minimum Gasteiger partial charge on any atom is -0.397 e. The second kappa shape index (κ2) is 6.92. The number of nitrogens with two attached hydrogens (primary N) is 2. The summed E-state index contributed by atoms with van der Waals surface area (Å²) in [5.74, 6) is -3.33. The van der Waals surface area contributed by atoms with Crippen LogP contribution < -0.4 is 11.5 Å². The van der Waals surface area contributed by atoms with Gasteiger partial charge in [-0.15, -0.1) is 0 Å². The van der Waals surface area contributed by atoms with Gasteiger partial charge >= 0.3 is 11.4 Å². The van der Waals surface area contributed by atoms with Gasteiger partial charge in [0.25, 0.3) is 0 Å². The number of rotatable bonds is 2. The summed E-state index contributed by atoms with van der Waals surface area (Å²) in [4.78, 5) is 17.9. The first kappa shape index (κ1) is 16.8. The van der Waals surface area contributed by atoms with Gasteiger partial charge in [-0.1, -0.05) is 12.1 Å². The summed E-state index contributed by atoms with van der Waals surface area (Å²) in [6.07, 6.45) is 0. The minimum atomic E-state index is -1.83. The number of anilines is 2. The summed E-state index contributed by atoms with van der Waals surface area (Å²) in [6, 6.07) is 8.25. The molecule has 10 heteroatoms. The first-order valence-corrected chi connectivity index (χ1v) is 5.62. The average Bonchev–Trinajstić information content (AvgIpc) is 2.45. The molecule has 2 aromatic carbocycles. The lowest BCUT2D eigenvalue weighted by atomic mass is 10.2. The Bertz CT molecular complexity index is 703. The molecule has 2 rings (SSSR count). The molecule has 22 heavy (non-hydrogen) atoms. The third-order valence-corrected chi connectivity index (χ3v) is 2.42. The van der Waals surface area contributed by atoms with Crippen LogP contribution in [0.2, 0.25) is 0 Å². The van der Waals surface area contributed by atoms with E-state index in [1.807, 2.05) is 12.1 Å². The van der Waals surface area contributed by atoms with E-state index in [-0.39, 0.29) is 0 Å². The Morgan fingerprint density at radius 1 is 0.864 bits per heavy atom. The Kier molecular flexibility index (Phi) is 5.27. The predicted molar refractivity (Wildman–Crippen MR) is 74.9 cm³/mol. The number of benzene rings is 2. The van der Waals surface area contributed by atoms with Gasteiger partial charge in [-0.05, 0) is 18.2 Å². The third-order valence-electron chi connectivity index (χ3n) is 2.42. The van der Waals surface area contributed by atoms with Gasteiger partial charge in [0, 0.05) is 6.07 Å². The largest absolute Gasteiger partial charge is 0.397 e. The molecule has 0 atom stereocenters. The highest BCUT2D eigenvalue weighted by Gasteiger charge is 2.31. The molecule has 0 radical (unpaired) electrons. The highest BCUT2D eigenvalue weighted by Crippen LogP contribution is 2.30. The fraction of sp³-hybridized carbons (Fsp3) is 0. The second-order valence-corrected chi connectivity index (χ2v) is 3.87. The Hall–Kier alpha value is -3.30. The molecule has 0 bridgehead atoms. The number of nitro benzene ring substituents is 2. The smallest absolute Gasteiger partial charge is 0.384 e. The summed E-state index contributed by atoms with van der Waals surface area (Å²) < 4.78 is 25.2. The molecule has 0 fully saturated rings. The maximum atomic E-state index is 12.8. The standard InChI is InChI=1S/C6H2F2N2O4.C6H8N2/c7-3-1-2-4(9(11)12)6(5(3)8)10(13)14;7-5-3-1-2-4-6(5)8/h1-2H;1-4H,7-8H2. The van der Waals surface area contributed by atoms with Crippen molar-refractivity contribution >= 4 is 22.7 Å². The zero-order valence-corrected chi connectivity index (χ0v) is 10.9. The van der Waals surface area contributed by atoms with E-state index < -0.39 is 32.9 Å². The monoisotopic (exact) mass is 312 g/mol. The molecule has 0 spiro atoms. The van der Waals surface area contributed by atoms with Crippen LogP contribution in [0.4, 0.5) is 31.5 Å². The molecule has 8 nitrogen and oxygen atoms in total. The van der Waals surface area contributed by atoms with E-state index >= 15 is 0 Å². The lowest BCUT2D eigenvalue weighted by Gasteiger charge is -1.96. The summed E-state index contributed by atoms with van der Waals surface area (Å²) >= 11 is 0. The van der Waals surface area contributed by atoms with Crippen molar-refractivity contribution in [1.29, 1.82) is 0 Å². The molecule has 0 aliphatic rings. The van der Waals surface area contributed by atoms with Gasteiger partial charge in [0.05, 0.1) is 21.2 Å². The number of hydrogen-bond donors (Lipinski definition) is 2. The highest BCUT2D eigenvalue weighted by atomic mass is 19.2. The van der Waals surface area contributed by atoms with E-state index in [0.717, 1.165) is 0 Å². The van der Waals surface area contributed by atoms with Crippen LogP contribution in [0.1, 0.15) is 0 Å². The lowest BCUT2D eigenvalue weighted by Crippen LogP contribution is -2.01. The summed E-state index contributed by atoms with van der Waals surface area (Å²) in [6.45, 7) is 0. The maximum absolute atomic E-state index is 12.8. The van der Waals surface area contributed by atoms with Crippen molar-refractivity contribution in [3.63, 3.8) is 0 Å². The zero-order chi connectivity index (χ0) is 16.9. The number of nitrogen functional groups attached to an aromatic ring is 2. The Morgan fingerprint density at radius 3 is 1.73 bits per heavy atom. The number of nitro groups is 2. The van der Waals surface area contributed by atoms with Gasteiger partial charge in [-0.2, -0.15) is 4.39 Å². The lowest BCUT2D eigenvalue weighted by molar-refractivity contribution is -0.424. The molecule has 0 aliphatic heterocycles. The molecule has 0 aliphatic carbocycles. The Balaban J connectivity index is 0.000000255. The topological polar surface area (TPSA) is 138 Å². The van der Waals surface area contributed by atoms with Crippen molar-refractivity contribution in [1.82, 2.24) is 0 Å². The molecule has 0 saturated carbocycles. The van der Waals surface area contributed by atoms with Crippen molar-refractivity contribution in [3.8, 4) is 0 Å². The van der Waals surface area contributed by atoms with Crippen molar-refractivity contribution < 1.29 is 18.6 Å². The van der Waals surface area contributed by atoms with Crippen molar-refractivity contribution in [2.75, 3.05) is 11.5 Å². The van der Waals surface area contributed by atoms with Gasteiger partial charge in [-0.25, -0.2) is 4.39 Å².